The van der Waals surface area contributed by atoms with E-state index in [0.717, 1.165) is 39.4 Å². The zero-order valence-electron chi connectivity index (χ0n) is 14.5. The van der Waals surface area contributed by atoms with Crippen molar-refractivity contribution in [3.63, 3.8) is 0 Å². The average Bonchev–Trinajstić information content (AvgIpc) is 3.15. The molecule has 3 aliphatic rings. The van der Waals surface area contributed by atoms with Gasteiger partial charge in [0.05, 0.1) is 25.0 Å². The molecule has 1 aromatic rings. The Morgan fingerprint density at radius 2 is 1.52 bits per heavy atom. The lowest BCUT2D eigenvalue weighted by molar-refractivity contribution is -0.141. The monoisotopic (exact) mass is 343 g/mol. The third-order valence-corrected chi connectivity index (χ3v) is 5.55. The summed E-state index contributed by atoms with van der Waals surface area (Å²) in [6, 6.07) is 10.2. The molecule has 1 aromatic carbocycles. The van der Waals surface area contributed by atoms with Gasteiger partial charge in [0.1, 0.15) is 0 Å². The molecule has 2 atom stereocenters. The van der Waals surface area contributed by atoms with Gasteiger partial charge < -0.3 is 4.74 Å². The molecule has 3 heterocycles. The van der Waals surface area contributed by atoms with Crippen LogP contribution in [-0.2, 0) is 20.9 Å². The van der Waals surface area contributed by atoms with Crippen LogP contribution in [0.25, 0.3) is 0 Å². The number of hydrogen-bond acceptors (Lipinski definition) is 5. The van der Waals surface area contributed by atoms with Crippen LogP contribution in [0.1, 0.15) is 5.56 Å². The minimum Gasteiger partial charge on any atom is -0.379 e. The second-order valence-corrected chi connectivity index (χ2v) is 7.17. The number of carbonyl (C=O) groups is 2. The molecule has 2 unspecified atom stereocenters. The Bertz CT molecular complexity index is 606. The van der Waals surface area contributed by atoms with E-state index in [4.69, 9.17) is 4.74 Å². The number of fused-ring (bicyclic) bond motifs is 1. The van der Waals surface area contributed by atoms with Crippen LogP contribution >= 0.6 is 0 Å². The Hall–Kier alpha value is -1.76. The number of hydrogen-bond donors (Lipinski definition) is 0. The van der Waals surface area contributed by atoms with Crippen molar-refractivity contribution in [2.45, 2.75) is 6.54 Å². The largest absolute Gasteiger partial charge is 0.379 e. The highest BCUT2D eigenvalue weighted by atomic mass is 16.5. The van der Waals surface area contributed by atoms with Crippen molar-refractivity contribution < 1.29 is 14.3 Å². The van der Waals surface area contributed by atoms with Gasteiger partial charge in [-0.1, -0.05) is 30.3 Å². The molecule has 6 heteroatoms. The molecular formula is C19H25N3O3. The highest BCUT2D eigenvalue weighted by Crippen LogP contribution is 2.34. The summed E-state index contributed by atoms with van der Waals surface area (Å²) < 4.78 is 5.34. The summed E-state index contributed by atoms with van der Waals surface area (Å²) in [4.78, 5) is 31.4. The molecule has 134 valence electrons. The molecule has 0 N–H and O–H groups in total. The van der Waals surface area contributed by atoms with Gasteiger partial charge in [0.15, 0.2) is 0 Å². The second-order valence-electron chi connectivity index (χ2n) is 7.17. The zero-order chi connectivity index (χ0) is 17.2. The lowest BCUT2D eigenvalue weighted by atomic mass is 10.00. The van der Waals surface area contributed by atoms with Crippen molar-refractivity contribution >= 4 is 11.8 Å². The van der Waals surface area contributed by atoms with Crippen molar-refractivity contribution in [1.82, 2.24) is 14.7 Å². The number of carbonyl (C=O) groups excluding carboxylic acids is 2. The zero-order valence-corrected chi connectivity index (χ0v) is 14.5. The van der Waals surface area contributed by atoms with Gasteiger partial charge in [-0.05, 0) is 5.56 Å². The molecular weight excluding hydrogens is 318 g/mol. The summed E-state index contributed by atoms with van der Waals surface area (Å²) in [5, 5.41) is 0. The van der Waals surface area contributed by atoms with Gasteiger partial charge in [-0.25, -0.2) is 0 Å². The molecule has 0 spiro atoms. The lowest BCUT2D eigenvalue weighted by Gasteiger charge is -2.28. The number of likely N-dealkylation sites (tertiary alicyclic amines) is 2. The molecule has 0 bridgehead atoms. The third-order valence-electron chi connectivity index (χ3n) is 5.55. The van der Waals surface area contributed by atoms with Crippen LogP contribution in [0.15, 0.2) is 30.3 Å². The highest BCUT2D eigenvalue weighted by Gasteiger charge is 2.51. The molecule has 0 radical (unpaired) electrons. The quantitative estimate of drug-likeness (QED) is 0.726. The number of benzene rings is 1. The van der Waals surface area contributed by atoms with Crippen LogP contribution in [0.5, 0.6) is 0 Å². The first-order valence-corrected chi connectivity index (χ1v) is 9.14. The molecule has 0 aromatic heterocycles. The van der Waals surface area contributed by atoms with E-state index in [9.17, 15) is 9.59 Å². The van der Waals surface area contributed by atoms with Gasteiger partial charge in [-0.2, -0.15) is 0 Å². The van der Waals surface area contributed by atoms with Crippen molar-refractivity contribution in [2.75, 3.05) is 52.5 Å². The second kappa shape index (κ2) is 7.23. The molecule has 4 rings (SSSR count). The van der Waals surface area contributed by atoms with Crippen LogP contribution in [0.4, 0.5) is 0 Å². The molecule has 0 saturated carbocycles. The fourth-order valence-corrected chi connectivity index (χ4v) is 4.15. The van der Waals surface area contributed by atoms with E-state index >= 15 is 0 Å². The van der Waals surface area contributed by atoms with Crippen LogP contribution in [0, 0.1) is 11.8 Å². The van der Waals surface area contributed by atoms with Crippen LogP contribution < -0.4 is 0 Å². The molecule has 3 fully saturated rings. The Kier molecular flexibility index (Phi) is 4.83. The Morgan fingerprint density at radius 3 is 2.16 bits per heavy atom. The van der Waals surface area contributed by atoms with E-state index in [1.54, 1.807) is 0 Å². The van der Waals surface area contributed by atoms with Gasteiger partial charge in [0.2, 0.25) is 11.8 Å². The average molecular weight is 343 g/mol. The SMILES string of the molecule is O=C1C2CN(Cc3ccccc3)CC2C(=O)N1CCN1CCOCC1. The van der Waals surface area contributed by atoms with E-state index in [1.165, 1.54) is 10.5 Å². The van der Waals surface area contributed by atoms with E-state index in [1.807, 2.05) is 18.2 Å². The fourth-order valence-electron chi connectivity index (χ4n) is 4.15. The van der Waals surface area contributed by atoms with Gasteiger partial charge >= 0.3 is 0 Å². The van der Waals surface area contributed by atoms with Gasteiger partial charge in [0, 0.05) is 45.8 Å². The molecule has 3 saturated heterocycles. The van der Waals surface area contributed by atoms with E-state index in [2.05, 4.69) is 21.9 Å². The summed E-state index contributed by atoms with van der Waals surface area (Å²) in [5.74, 6) is -0.251. The van der Waals surface area contributed by atoms with Crippen molar-refractivity contribution in [3.05, 3.63) is 35.9 Å². The summed E-state index contributed by atoms with van der Waals surface area (Å²) in [5.41, 5.74) is 1.23. The van der Waals surface area contributed by atoms with E-state index < -0.39 is 0 Å². The van der Waals surface area contributed by atoms with E-state index in [-0.39, 0.29) is 23.7 Å². The Labute approximate surface area is 148 Å². The summed E-state index contributed by atoms with van der Waals surface area (Å²) >= 11 is 0. The molecule has 6 nitrogen and oxygen atoms in total. The minimum absolute atomic E-state index is 0.0267. The summed E-state index contributed by atoms with van der Waals surface area (Å²) in [7, 11) is 0. The maximum absolute atomic E-state index is 12.7. The lowest BCUT2D eigenvalue weighted by Crippen LogP contribution is -2.44. The van der Waals surface area contributed by atoms with Gasteiger partial charge in [-0.3, -0.25) is 24.3 Å². The van der Waals surface area contributed by atoms with Gasteiger partial charge in [0.25, 0.3) is 0 Å². The first-order chi connectivity index (χ1) is 12.2. The number of nitrogens with zero attached hydrogens (tertiary/aromatic N) is 3. The summed E-state index contributed by atoms with van der Waals surface area (Å²) in [6.45, 7) is 6.71. The maximum atomic E-state index is 12.7. The number of morpholine rings is 1. The first kappa shape index (κ1) is 16.7. The van der Waals surface area contributed by atoms with Crippen molar-refractivity contribution in [1.29, 1.82) is 0 Å². The predicted molar refractivity (Wildman–Crippen MR) is 92.7 cm³/mol. The Morgan fingerprint density at radius 1 is 0.880 bits per heavy atom. The van der Waals surface area contributed by atoms with Crippen molar-refractivity contribution in [2.24, 2.45) is 11.8 Å². The number of rotatable bonds is 5. The van der Waals surface area contributed by atoms with Crippen LogP contribution in [0.2, 0.25) is 0 Å². The third kappa shape index (κ3) is 3.47. The minimum atomic E-state index is -0.152. The molecule has 0 aliphatic carbocycles. The van der Waals surface area contributed by atoms with Gasteiger partial charge in [-0.15, -0.1) is 0 Å². The molecule has 25 heavy (non-hydrogen) atoms. The predicted octanol–water partition coefficient (Wildman–Crippen LogP) is 0.436. The van der Waals surface area contributed by atoms with E-state index in [0.29, 0.717) is 19.6 Å². The normalized spacial score (nSPS) is 27.9. The Balaban J connectivity index is 1.33. The topological polar surface area (TPSA) is 53.1 Å². The summed E-state index contributed by atoms with van der Waals surface area (Å²) in [6.07, 6.45) is 0. The van der Waals surface area contributed by atoms with Crippen molar-refractivity contribution in [3.8, 4) is 0 Å². The highest BCUT2D eigenvalue weighted by molar-refractivity contribution is 6.05. The number of ether oxygens (including phenoxy) is 1. The number of amides is 2. The van der Waals surface area contributed by atoms with Crippen LogP contribution in [-0.4, -0.2) is 79.0 Å². The molecule has 3 aliphatic heterocycles. The first-order valence-electron chi connectivity index (χ1n) is 9.14. The standard InChI is InChI=1S/C19H25N3O3/c23-18-16-13-21(12-15-4-2-1-3-5-15)14-17(16)19(24)22(18)7-6-20-8-10-25-11-9-20/h1-5,16-17H,6-14H2. The van der Waals surface area contributed by atoms with Crippen LogP contribution in [0.3, 0.4) is 0 Å². The smallest absolute Gasteiger partial charge is 0.234 e. The number of imide groups is 1. The molecule has 2 amide bonds. The maximum Gasteiger partial charge on any atom is 0.234 e. The fraction of sp³-hybridized carbons (Fsp3) is 0.579.